The zero-order valence-electron chi connectivity index (χ0n) is 11.6. The van der Waals surface area contributed by atoms with Gasteiger partial charge in [-0.1, -0.05) is 56.1 Å². The van der Waals surface area contributed by atoms with E-state index in [1.165, 1.54) is 24.3 Å². The number of rotatable bonds is 4. The molecular formula is C14H8Br2Cl2O4S2. The van der Waals surface area contributed by atoms with Crippen molar-refractivity contribution in [2.45, 2.75) is 9.79 Å². The minimum Gasteiger partial charge on any atom is -0.207 e. The van der Waals surface area contributed by atoms with Crippen LogP contribution in [0.5, 0.6) is 0 Å². The Labute approximate surface area is 165 Å². The van der Waals surface area contributed by atoms with Gasteiger partial charge in [-0.25, -0.2) is 16.8 Å². The highest BCUT2D eigenvalue weighted by Crippen LogP contribution is 2.28. The quantitative estimate of drug-likeness (QED) is 0.397. The zero-order chi connectivity index (χ0) is 18.1. The first kappa shape index (κ1) is 19.9. The van der Waals surface area contributed by atoms with Crippen LogP contribution in [-0.4, -0.2) is 16.8 Å². The van der Waals surface area contributed by atoms with Gasteiger partial charge in [-0.15, -0.1) is 0 Å². The molecule has 0 fully saturated rings. The number of hydrogen-bond donors (Lipinski definition) is 0. The monoisotopic (exact) mass is 532 g/mol. The summed E-state index contributed by atoms with van der Waals surface area (Å²) in [5.74, 6) is 0. The summed E-state index contributed by atoms with van der Waals surface area (Å²) in [5, 5.41) is 0. The van der Waals surface area contributed by atoms with Gasteiger partial charge in [0.05, 0.1) is 9.79 Å². The molecule has 0 heterocycles. The van der Waals surface area contributed by atoms with Crippen molar-refractivity contribution < 1.29 is 16.8 Å². The summed E-state index contributed by atoms with van der Waals surface area (Å²) in [5.41, 5.74) is 0.628. The standard InChI is InChI=1S/C14H8Br2Cl2O4S2/c15-11-5-3-9(13(7-11)23(17,19)20)1-2-10-4-6-12(16)8-14(10)24(18,21)22/h1-8H/b2-1+. The van der Waals surface area contributed by atoms with Gasteiger partial charge in [0.25, 0.3) is 18.1 Å². The van der Waals surface area contributed by atoms with Gasteiger partial charge in [-0.3, -0.25) is 0 Å². The summed E-state index contributed by atoms with van der Waals surface area (Å²) in [4.78, 5) is -0.190. The van der Waals surface area contributed by atoms with E-state index in [-0.39, 0.29) is 9.79 Å². The lowest BCUT2D eigenvalue weighted by Gasteiger charge is -2.05. The van der Waals surface area contributed by atoms with Crippen LogP contribution in [-0.2, 0) is 18.1 Å². The Morgan fingerprint density at radius 1 is 0.708 bits per heavy atom. The Balaban J connectivity index is 2.59. The molecule has 2 aromatic carbocycles. The van der Waals surface area contributed by atoms with Gasteiger partial charge in [-0.05, 0) is 35.4 Å². The van der Waals surface area contributed by atoms with Crippen molar-refractivity contribution >= 4 is 83.5 Å². The van der Waals surface area contributed by atoms with Crippen molar-refractivity contribution in [1.29, 1.82) is 0 Å². The molecule has 4 nitrogen and oxygen atoms in total. The molecule has 0 aliphatic heterocycles. The second-order valence-electron chi connectivity index (χ2n) is 4.57. The highest BCUT2D eigenvalue weighted by atomic mass is 79.9. The molecule has 0 spiro atoms. The number of benzene rings is 2. The van der Waals surface area contributed by atoms with Gasteiger partial charge in [0.1, 0.15) is 0 Å². The fourth-order valence-electron chi connectivity index (χ4n) is 1.89. The van der Waals surface area contributed by atoms with Crippen molar-refractivity contribution in [1.82, 2.24) is 0 Å². The number of halogens is 4. The first-order chi connectivity index (χ1) is 11.0. The average Bonchev–Trinajstić information content (AvgIpc) is 2.45. The van der Waals surface area contributed by atoms with Crippen molar-refractivity contribution in [2.75, 3.05) is 0 Å². The molecule has 0 bridgehead atoms. The van der Waals surface area contributed by atoms with E-state index in [4.69, 9.17) is 21.4 Å². The van der Waals surface area contributed by atoms with E-state index >= 15 is 0 Å². The highest BCUT2D eigenvalue weighted by Gasteiger charge is 2.17. The molecule has 0 radical (unpaired) electrons. The molecule has 128 valence electrons. The van der Waals surface area contributed by atoms with E-state index in [9.17, 15) is 16.8 Å². The van der Waals surface area contributed by atoms with Crippen LogP contribution in [0.3, 0.4) is 0 Å². The maximum atomic E-state index is 11.7. The molecule has 0 N–H and O–H groups in total. The molecule has 10 heteroatoms. The summed E-state index contributed by atoms with van der Waals surface area (Å²) < 4.78 is 47.8. The van der Waals surface area contributed by atoms with E-state index in [0.717, 1.165) is 0 Å². The van der Waals surface area contributed by atoms with Crippen molar-refractivity contribution in [3.05, 3.63) is 56.5 Å². The molecule has 0 aliphatic rings. The molecule has 24 heavy (non-hydrogen) atoms. The summed E-state index contributed by atoms with van der Waals surface area (Å²) in [6.45, 7) is 0. The smallest absolute Gasteiger partial charge is 0.207 e. The van der Waals surface area contributed by atoms with Gasteiger partial charge >= 0.3 is 0 Å². The van der Waals surface area contributed by atoms with Gasteiger partial charge in [0, 0.05) is 30.3 Å². The van der Waals surface area contributed by atoms with Crippen LogP contribution >= 0.6 is 53.2 Å². The van der Waals surface area contributed by atoms with Crippen molar-refractivity contribution in [3.8, 4) is 0 Å². The summed E-state index contributed by atoms with van der Waals surface area (Å²) in [6.07, 6.45) is 2.91. The molecule has 0 saturated heterocycles. The number of hydrogen-bond acceptors (Lipinski definition) is 4. The third kappa shape index (κ3) is 5.06. The third-order valence-electron chi connectivity index (χ3n) is 2.92. The Hall–Kier alpha value is -0.380. The van der Waals surface area contributed by atoms with E-state index in [1.807, 2.05) is 0 Å². The van der Waals surface area contributed by atoms with Crippen LogP contribution in [0, 0.1) is 0 Å². The molecule has 2 rings (SSSR count). The maximum Gasteiger partial charge on any atom is 0.261 e. The van der Waals surface area contributed by atoms with Gasteiger partial charge < -0.3 is 0 Å². The minimum atomic E-state index is -3.97. The molecular weight excluding hydrogens is 527 g/mol. The second-order valence-corrected chi connectivity index (χ2v) is 11.5. The first-order valence-electron chi connectivity index (χ1n) is 6.15. The topological polar surface area (TPSA) is 68.3 Å². The van der Waals surface area contributed by atoms with E-state index < -0.39 is 18.1 Å². The summed E-state index contributed by atoms with van der Waals surface area (Å²) >= 11 is 6.36. The maximum absolute atomic E-state index is 11.7. The van der Waals surface area contributed by atoms with Crippen LogP contribution in [0.25, 0.3) is 12.2 Å². The van der Waals surface area contributed by atoms with Crippen LogP contribution in [0.15, 0.2) is 55.1 Å². The van der Waals surface area contributed by atoms with Crippen LogP contribution in [0.2, 0.25) is 0 Å². The zero-order valence-corrected chi connectivity index (χ0v) is 17.9. The SMILES string of the molecule is O=S(=O)(Cl)c1cc(Br)ccc1/C=C/c1ccc(Br)cc1S(=O)(=O)Cl. The minimum absolute atomic E-state index is 0.0952. The van der Waals surface area contributed by atoms with Crippen LogP contribution < -0.4 is 0 Å². The molecule has 2 aromatic rings. The predicted octanol–water partition coefficient (Wildman–Crippen LogP) is 5.24. The van der Waals surface area contributed by atoms with Gasteiger partial charge in [-0.2, -0.15) is 0 Å². The van der Waals surface area contributed by atoms with Crippen molar-refractivity contribution in [2.24, 2.45) is 0 Å². The van der Waals surface area contributed by atoms with E-state index in [0.29, 0.717) is 20.1 Å². The largest absolute Gasteiger partial charge is 0.261 e. The average molecular weight is 535 g/mol. The molecule has 0 saturated carbocycles. The molecule has 0 aromatic heterocycles. The molecule has 0 aliphatic carbocycles. The second kappa shape index (κ2) is 7.47. The Morgan fingerprint density at radius 2 is 1.04 bits per heavy atom. The lowest BCUT2D eigenvalue weighted by Crippen LogP contribution is -1.96. The van der Waals surface area contributed by atoms with Crippen LogP contribution in [0.1, 0.15) is 11.1 Å². The Kier molecular flexibility index (Phi) is 6.21. The molecule has 0 atom stereocenters. The lowest BCUT2D eigenvalue weighted by molar-refractivity contribution is 0.607. The summed E-state index contributed by atoms with van der Waals surface area (Å²) in [6, 6.07) is 9.11. The highest BCUT2D eigenvalue weighted by molar-refractivity contribution is 9.10. The Bertz CT molecular complexity index is 949. The lowest BCUT2D eigenvalue weighted by atomic mass is 10.1. The summed E-state index contributed by atoms with van der Waals surface area (Å²) in [7, 11) is 2.94. The van der Waals surface area contributed by atoms with Gasteiger partial charge in [0.15, 0.2) is 0 Å². The van der Waals surface area contributed by atoms with E-state index in [1.54, 1.807) is 24.3 Å². The third-order valence-corrected chi connectivity index (χ3v) is 6.66. The predicted molar refractivity (Wildman–Crippen MR) is 103 cm³/mol. The molecule has 0 unspecified atom stereocenters. The fourth-order valence-corrected chi connectivity index (χ4v) is 5.09. The van der Waals surface area contributed by atoms with Crippen molar-refractivity contribution in [3.63, 3.8) is 0 Å². The van der Waals surface area contributed by atoms with Crippen LogP contribution in [0.4, 0.5) is 0 Å². The molecule has 0 amide bonds. The first-order valence-corrected chi connectivity index (χ1v) is 12.4. The Morgan fingerprint density at radius 3 is 1.33 bits per heavy atom. The normalized spacial score (nSPS) is 12.7. The van der Waals surface area contributed by atoms with E-state index in [2.05, 4.69) is 31.9 Å². The fraction of sp³-hybridized carbons (Fsp3) is 0. The van der Waals surface area contributed by atoms with Gasteiger partial charge in [0.2, 0.25) is 0 Å².